The summed E-state index contributed by atoms with van der Waals surface area (Å²) in [5.41, 5.74) is 10.5. The first kappa shape index (κ1) is 24.3. The quantitative estimate of drug-likeness (QED) is 0.161. The van der Waals surface area contributed by atoms with E-state index in [-0.39, 0.29) is 6.42 Å². The van der Waals surface area contributed by atoms with Gasteiger partial charge >= 0.3 is 11.9 Å². The molecule has 154 valence electrons. The van der Waals surface area contributed by atoms with E-state index in [0.29, 0.717) is 19.4 Å². The largest absolute Gasteiger partial charge is 0.481 e. The second-order valence-electron chi connectivity index (χ2n) is 5.84. The molecule has 0 saturated carbocycles. The van der Waals surface area contributed by atoms with Gasteiger partial charge in [0.15, 0.2) is 0 Å². The highest BCUT2D eigenvalue weighted by Gasteiger charge is 2.28. The van der Waals surface area contributed by atoms with Crippen molar-refractivity contribution < 1.29 is 34.2 Å². The van der Waals surface area contributed by atoms with E-state index < -0.39 is 60.8 Å². The minimum absolute atomic E-state index is 0.174. The molecule has 3 amide bonds. The molecule has 0 spiro atoms. The molecule has 0 aromatic heterocycles. The molecule has 27 heavy (non-hydrogen) atoms. The third-order valence-corrected chi connectivity index (χ3v) is 3.53. The van der Waals surface area contributed by atoms with Crippen molar-refractivity contribution in [1.82, 2.24) is 16.0 Å². The Morgan fingerprint density at radius 3 is 2.00 bits per heavy atom. The van der Waals surface area contributed by atoms with E-state index in [1.54, 1.807) is 0 Å². The van der Waals surface area contributed by atoms with Crippen LogP contribution in [-0.2, 0) is 24.0 Å². The van der Waals surface area contributed by atoms with Gasteiger partial charge in [-0.2, -0.15) is 0 Å². The number of carboxylic acids is 2. The van der Waals surface area contributed by atoms with Crippen molar-refractivity contribution >= 4 is 29.7 Å². The topological polar surface area (TPSA) is 214 Å². The van der Waals surface area contributed by atoms with E-state index in [0.717, 1.165) is 0 Å². The Kier molecular flexibility index (Phi) is 11.3. The Balaban J connectivity index is 4.83. The molecule has 0 aliphatic rings. The number of carboxylic acid groups (broad SMARTS) is 2. The van der Waals surface area contributed by atoms with Gasteiger partial charge in [-0.1, -0.05) is 0 Å². The molecule has 0 bridgehead atoms. The Morgan fingerprint density at radius 1 is 0.889 bits per heavy atom. The third-order valence-electron chi connectivity index (χ3n) is 3.53. The van der Waals surface area contributed by atoms with E-state index in [9.17, 15) is 24.0 Å². The fourth-order valence-corrected chi connectivity index (χ4v) is 2.06. The van der Waals surface area contributed by atoms with Gasteiger partial charge in [-0.05, 0) is 32.7 Å². The Labute approximate surface area is 156 Å². The normalized spacial score (nSPS) is 13.7. The van der Waals surface area contributed by atoms with Gasteiger partial charge in [-0.15, -0.1) is 0 Å². The van der Waals surface area contributed by atoms with Crippen molar-refractivity contribution in [1.29, 1.82) is 0 Å². The Bertz CT molecular complexity index is 555. The summed E-state index contributed by atoms with van der Waals surface area (Å²) in [6.07, 6.45) is 0.569. The molecule has 0 aliphatic carbocycles. The lowest BCUT2D eigenvalue weighted by atomic mass is 10.1. The van der Waals surface area contributed by atoms with E-state index in [2.05, 4.69) is 16.0 Å². The van der Waals surface area contributed by atoms with Crippen LogP contribution in [0.25, 0.3) is 0 Å². The average Bonchev–Trinajstić information content (AvgIpc) is 2.59. The van der Waals surface area contributed by atoms with Crippen LogP contribution in [0.15, 0.2) is 0 Å². The molecule has 0 aliphatic heterocycles. The molecule has 0 aromatic carbocycles. The molecule has 0 fully saturated rings. The zero-order valence-electron chi connectivity index (χ0n) is 15.1. The maximum absolute atomic E-state index is 12.1. The zero-order valence-corrected chi connectivity index (χ0v) is 15.1. The van der Waals surface area contributed by atoms with Crippen LogP contribution >= 0.6 is 0 Å². The molecule has 0 aromatic rings. The van der Waals surface area contributed by atoms with Crippen molar-refractivity contribution in [2.45, 2.75) is 50.7 Å². The molecule has 0 heterocycles. The van der Waals surface area contributed by atoms with E-state index >= 15 is 0 Å². The molecule has 9 N–H and O–H groups in total. The van der Waals surface area contributed by atoms with Gasteiger partial charge < -0.3 is 37.6 Å². The predicted octanol–water partition coefficient (Wildman–Crippen LogP) is -2.89. The number of nitrogens with one attached hydrogen (secondary N) is 3. The summed E-state index contributed by atoms with van der Waals surface area (Å²) in [6.45, 7) is 1.25. The fraction of sp³-hybridized carbons (Fsp3) is 0.667. The van der Waals surface area contributed by atoms with Gasteiger partial charge in [-0.25, -0.2) is 4.79 Å². The van der Waals surface area contributed by atoms with Gasteiger partial charge in [0.1, 0.15) is 18.1 Å². The summed E-state index contributed by atoms with van der Waals surface area (Å²) in [4.78, 5) is 57.6. The molecule has 3 atom stereocenters. The van der Waals surface area contributed by atoms with Gasteiger partial charge in [-0.3, -0.25) is 19.2 Å². The van der Waals surface area contributed by atoms with Gasteiger partial charge in [0.05, 0.1) is 13.0 Å². The smallest absolute Gasteiger partial charge is 0.326 e. The molecule has 0 saturated heterocycles. The Hall–Kier alpha value is -2.73. The van der Waals surface area contributed by atoms with Crippen LogP contribution in [0.2, 0.25) is 0 Å². The van der Waals surface area contributed by atoms with Crippen molar-refractivity contribution in [2.24, 2.45) is 11.5 Å². The summed E-state index contributed by atoms with van der Waals surface area (Å²) < 4.78 is 0. The van der Waals surface area contributed by atoms with Crippen LogP contribution in [0.4, 0.5) is 0 Å². The number of hydrogen-bond acceptors (Lipinski definition) is 7. The Morgan fingerprint density at radius 2 is 1.52 bits per heavy atom. The number of hydrogen-bond donors (Lipinski definition) is 7. The van der Waals surface area contributed by atoms with Crippen LogP contribution in [-0.4, -0.2) is 71.1 Å². The zero-order chi connectivity index (χ0) is 21.0. The van der Waals surface area contributed by atoms with Crippen LogP contribution in [0.1, 0.15) is 32.6 Å². The van der Waals surface area contributed by atoms with Crippen molar-refractivity contribution in [2.75, 3.05) is 13.1 Å². The van der Waals surface area contributed by atoms with Crippen LogP contribution in [0.5, 0.6) is 0 Å². The van der Waals surface area contributed by atoms with Crippen LogP contribution < -0.4 is 27.4 Å². The standard InChI is InChI=1S/C15H27N5O7/c1-8(13(24)20-9(15(26)27)4-2-3-5-16)18-14(25)10(6-12(22)23)19-11(21)7-17/h8-10H,2-7,16-17H2,1H3,(H,18,25)(H,19,21)(H,20,24)(H,22,23)(H,26,27). The van der Waals surface area contributed by atoms with E-state index in [4.69, 9.17) is 21.7 Å². The summed E-state index contributed by atoms with van der Waals surface area (Å²) in [5.74, 6) is -4.97. The molecular formula is C15H27N5O7. The first-order valence-corrected chi connectivity index (χ1v) is 8.37. The fourth-order valence-electron chi connectivity index (χ4n) is 2.06. The molecular weight excluding hydrogens is 362 g/mol. The maximum atomic E-state index is 12.1. The lowest BCUT2D eigenvalue weighted by Gasteiger charge is -2.21. The molecule has 12 heteroatoms. The molecule has 3 unspecified atom stereocenters. The highest BCUT2D eigenvalue weighted by molar-refractivity contribution is 5.94. The maximum Gasteiger partial charge on any atom is 0.326 e. The van der Waals surface area contributed by atoms with Crippen molar-refractivity contribution in [3.05, 3.63) is 0 Å². The highest BCUT2D eigenvalue weighted by atomic mass is 16.4. The summed E-state index contributed by atoms with van der Waals surface area (Å²) in [6, 6.07) is -3.72. The minimum atomic E-state index is -1.42. The van der Waals surface area contributed by atoms with Gasteiger partial charge in [0.25, 0.3) is 0 Å². The summed E-state index contributed by atoms with van der Waals surface area (Å²) >= 11 is 0. The number of carbonyl (C=O) groups excluding carboxylic acids is 3. The number of amides is 3. The third kappa shape index (κ3) is 10.1. The molecule has 0 radical (unpaired) electrons. The van der Waals surface area contributed by atoms with Gasteiger partial charge in [0, 0.05) is 0 Å². The average molecular weight is 389 g/mol. The number of carbonyl (C=O) groups is 5. The molecule has 12 nitrogen and oxygen atoms in total. The summed E-state index contributed by atoms with van der Waals surface area (Å²) in [5, 5.41) is 24.6. The highest BCUT2D eigenvalue weighted by Crippen LogP contribution is 2.02. The lowest BCUT2D eigenvalue weighted by molar-refractivity contribution is -0.143. The first-order chi connectivity index (χ1) is 12.6. The van der Waals surface area contributed by atoms with Crippen molar-refractivity contribution in [3.63, 3.8) is 0 Å². The number of nitrogens with two attached hydrogens (primary N) is 2. The number of rotatable bonds is 13. The monoisotopic (exact) mass is 389 g/mol. The SMILES string of the molecule is CC(NC(=O)C(CC(=O)O)NC(=O)CN)C(=O)NC(CCCCN)C(=O)O. The second-order valence-corrected chi connectivity index (χ2v) is 5.84. The minimum Gasteiger partial charge on any atom is -0.481 e. The van der Waals surface area contributed by atoms with Crippen molar-refractivity contribution in [3.8, 4) is 0 Å². The number of unbranched alkanes of at least 4 members (excludes halogenated alkanes) is 1. The number of aliphatic carboxylic acids is 2. The van der Waals surface area contributed by atoms with E-state index in [1.807, 2.05) is 0 Å². The molecule has 0 rings (SSSR count). The van der Waals surface area contributed by atoms with Gasteiger partial charge in [0.2, 0.25) is 17.7 Å². The van der Waals surface area contributed by atoms with Crippen LogP contribution in [0.3, 0.4) is 0 Å². The predicted molar refractivity (Wildman–Crippen MR) is 93.3 cm³/mol. The van der Waals surface area contributed by atoms with Crippen LogP contribution in [0, 0.1) is 0 Å². The lowest BCUT2D eigenvalue weighted by Crippen LogP contribution is -2.55. The first-order valence-electron chi connectivity index (χ1n) is 8.37. The second kappa shape index (κ2) is 12.6. The van der Waals surface area contributed by atoms with E-state index in [1.165, 1.54) is 6.92 Å². The summed E-state index contributed by atoms with van der Waals surface area (Å²) in [7, 11) is 0.